The number of nitrogens with zero attached hydrogens (tertiary/aromatic N) is 1. The van der Waals surface area contributed by atoms with Gasteiger partial charge in [0, 0.05) is 17.3 Å². The second kappa shape index (κ2) is 10.8. The Kier molecular flexibility index (Phi) is 7.65. The van der Waals surface area contributed by atoms with Crippen LogP contribution in [0.15, 0.2) is 60.7 Å². The number of thiocarbonyl (C=S) groups is 1. The Balaban J connectivity index is 1.66. The Morgan fingerprint density at radius 3 is 2.35 bits per heavy atom. The number of benzene rings is 3. The second-order valence-corrected chi connectivity index (χ2v) is 8.59. The Labute approximate surface area is 210 Å². The van der Waals surface area contributed by atoms with Gasteiger partial charge in [0.2, 0.25) is 0 Å². The lowest BCUT2D eigenvalue weighted by Gasteiger charge is -2.39. The van der Waals surface area contributed by atoms with Gasteiger partial charge in [-0.05, 0) is 72.2 Å². The van der Waals surface area contributed by atoms with E-state index >= 15 is 0 Å². The van der Waals surface area contributed by atoms with E-state index in [9.17, 15) is 0 Å². The first-order valence-corrected chi connectivity index (χ1v) is 11.7. The molecule has 0 amide bonds. The second-order valence-electron chi connectivity index (χ2n) is 7.77. The molecule has 1 aliphatic heterocycles. The van der Waals surface area contributed by atoms with E-state index in [0.717, 1.165) is 24.2 Å². The van der Waals surface area contributed by atoms with Crippen LogP contribution in [-0.2, 0) is 6.42 Å². The van der Waals surface area contributed by atoms with Crippen LogP contribution >= 0.6 is 23.8 Å². The van der Waals surface area contributed by atoms with E-state index in [4.69, 9.17) is 42.8 Å². The zero-order valence-electron chi connectivity index (χ0n) is 19.3. The zero-order valence-corrected chi connectivity index (χ0v) is 20.9. The van der Waals surface area contributed by atoms with Crippen molar-refractivity contribution in [1.82, 2.24) is 4.90 Å². The fraction of sp³-hybridized carbons (Fsp3) is 0.269. The molecule has 0 saturated carbocycles. The number of ether oxygens (including phenoxy) is 4. The van der Waals surface area contributed by atoms with Crippen LogP contribution in [0, 0.1) is 0 Å². The molecule has 3 aromatic rings. The molecule has 1 N–H and O–H groups in total. The Hall–Kier alpha value is -3.16. The Morgan fingerprint density at radius 1 is 0.941 bits per heavy atom. The van der Waals surface area contributed by atoms with Crippen molar-refractivity contribution in [3.8, 4) is 23.0 Å². The van der Waals surface area contributed by atoms with Crippen molar-refractivity contribution in [3.63, 3.8) is 0 Å². The first kappa shape index (κ1) is 24.0. The van der Waals surface area contributed by atoms with Crippen LogP contribution < -0.4 is 24.3 Å². The highest BCUT2D eigenvalue weighted by molar-refractivity contribution is 7.80. The number of hydrogen-bond acceptors (Lipinski definition) is 5. The minimum Gasteiger partial charge on any atom is -0.493 e. The average molecular weight is 499 g/mol. The molecular weight excluding hydrogens is 472 g/mol. The van der Waals surface area contributed by atoms with Crippen molar-refractivity contribution in [2.24, 2.45) is 0 Å². The molecule has 4 rings (SSSR count). The lowest BCUT2D eigenvalue weighted by Crippen LogP contribution is -2.44. The van der Waals surface area contributed by atoms with Crippen molar-refractivity contribution in [3.05, 3.63) is 76.8 Å². The monoisotopic (exact) mass is 498 g/mol. The molecule has 6 nitrogen and oxygen atoms in total. The summed E-state index contributed by atoms with van der Waals surface area (Å²) in [5.41, 5.74) is 3.09. The highest BCUT2D eigenvalue weighted by atomic mass is 35.5. The lowest BCUT2D eigenvalue weighted by molar-refractivity contribution is 0.185. The van der Waals surface area contributed by atoms with Gasteiger partial charge in [-0.25, -0.2) is 0 Å². The van der Waals surface area contributed by atoms with E-state index in [1.165, 1.54) is 5.56 Å². The molecule has 1 heterocycles. The number of nitrogens with one attached hydrogen (secondary N) is 1. The molecule has 3 aromatic carbocycles. The number of methoxy groups -OCH3 is 3. The van der Waals surface area contributed by atoms with E-state index in [1.54, 1.807) is 21.3 Å². The summed E-state index contributed by atoms with van der Waals surface area (Å²) in [4.78, 5) is 2.14. The van der Waals surface area contributed by atoms with Crippen molar-refractivity contribution < 1.29 is 18.9 Å². The van der Waals surface area contributed by atoms with Crippen LogP contribution in [0.25, 0.3) is 0 Å². The Bertz CT molecular complexity index is 1170. The zero-order chi connectivity index (χ0) is 24.1. The summed E-state index contributed by atoms with van der Waals surface area (Å²) in [6, 6.07) is 19.0. The van der Waals surface area contributed by atoms with Crippen LogP contribution in [0.3, 0.4) is 0 Å². The minimum absolute atomic E-state index is 0.160. The van der Waals surface area contributed by atoms with E-state index in [1.807, 2.05) is 60.7 Å². The van der Waals surface area contributed by atoms with E-state index in [0.29, 0.717) is 39.7 Å². The maximum Gasteiger partial charge on any atom is 0.174 e. The third-order valence-electron chi connectivity index (χ3n) is 5.81. The van der Waals surface area contributed by atoms with E-state index in [-0.39, 0.29) is 6.04 Å². The molecule has 0 fully saturated rings. The van der Waals surface area contributed by atoms with Gasteiger partial charge >= 0.3 is 0 Å². The highest BCUT2D eigenvalue weighted by Gasteiger charge is 2.31. The van der Waals surface area contributed by atoms with E-state index < -0.39 is 0 Å². The number of anilines is 1. The fourth-order valence-corrected chi connectivity index (χ4v) is 4.65. The summed E-state index contributed by atoms with van der Waals surface area (Å²) in [7, 11) is 4.91. The third kappa shape index (κ3) is 5.16. The molecule has 1 atom stereocenters. The van der Waals surface area contributed by atoms with Gasteiger partial charge in [0.25, 0.3) is 0 Å². The standard InChI is InChI=1S/C26H27ClN2O4S/c1-30-22-9-4-5-10-23(22)33-16-21-20-15-25(32-3)24(31-2)13-17(20)11-12-29(21)26(34)28-19-8-6-7-18(27)14-19/h4-10,13-15,21H,11-12,16H2,1-3H3,(H,28,34). The topological polar surface area (TPSA) is 52.2 Å². The largest absolute Gasteiger partial charge is 0.493 e. The molecule has 1 unspecified atom stereocenters. The molecule has 178 valence electrons. The number of fused-ring (bicyclic) bond motifs is 1. The summed E-state index contributed by atoms with van der Waals surface area (Å²) < 4.78 is 22.8. The first-order chi connectivity index (χ1) is 16.5. The molecule has 0 saturated heterocycles. The van der Waals surface area contributed by atoms with Crippen LogP contribution in [0.1, 0.15) is 17.2 Å². The molecule has 34 heavy (non-hydrogen) atoms. The van der Waals surface area contributed by atoms with Crippen LogP contribution in [0.4, 0.5) is 5.69 Å². The fourth-order valence-electron chi connectivity index (χ4n) is 4.12. The summed E-state index contributed by atoms with van der Waals surface area (Å²) in [5.74, 6) is 2.72. The van der Waals surface area contributed by atoms with Gasteiger partial charge < -0.3 is 29.2 Å². The van der Waals surface area contributed by atoms with Gasteiger partial charge in [-0.2, -0.15) is 0 Å². The van der Waals surface area contributed by atoms with Crippen LogP contribution in [0.5, 0.6) is 23.0 Å². The van der Waals surface area contributed by atoms with Crippen LogP contribution in [-0.4, -0.2) is 44.5 Å². The van der Waals surface area contributed by atoms with Gasteiger partial charge in [-0.1, -0.05) is 29.8 Å². The summed E-state index contributed by atoms with van der Waals surface area (Å²) in [6.45, 7) is 1.08. The predicted molar refractivity (Wildman–Crippen MR) is 139 cm³/mol. The molecule has 0 radical (unpaired) electrons. The summed E-state index contributed by atoms with van der Waals surface area (Å²) in [6.07, 6.45) is 0.804. The van der Waals surface area contributed by atoms with Gasteiger partial charge in [0.05, 0.1) is 27.4 Å². The number of halogens is 1. The molecule has 0 aliphatic carbocycles. The number of hydrogen-bond donors (Lipinski definition) is 1. The van der Waals surface area contributed by atoms with Gasteiger partial charge in [0.15, 0.2) is 28.1 Å². The van der Waals surface area contributed by atoms with Crippen LogP contribution in [0.2, 0.25) is 5.02 Å². The summed E-state index contributed by atoms with van der Waals surface area (Å²) >= 11 is 12.0. The molecule has 1 aliphatic rings. The smallest absolute Gasteiger partial charge is 0.174 e. The summed E-state index contributed by atoms with van der Waals surface area (Å²) in [5, 5.41) is 4.56. The molecule has 0 spiro atoms. The molecular formula is C26H27ClN2O4S. The van der Waals surface area contributed by atoms with Gasteiger partial charge in [-0.3, -0.25) is 0 Å². The third-order valence-corrected chi connectivity index (χ3v) is 6.38. The normalized spacial score (nSPS) is 14.7. The van der Waals surface area contributed by atoms with Gasteiger partial charge in [0.1, 0.15) is 6.61 Å². The maximum absolute atomic E-state index is 6.26. The van der Waals surface area contributed by atoms with Crippen molar-refractivity contribution in [2.75, 3.05) is 39.8 Å². The van der Waals surface area contributed by atoms with Crippen molar-refractivity contribution in [2.45, 2.75) is 12.5 Å². The van der Waals surface area contributed by atoms with Crippen molar-refractivity contribution >= 4 is 34.6 Å². The minimum atomic E-state index is -0.160. The molecule has 8 heteroatoms. The van der Waals surface area contributed by atoms with Crippen molar-refractivity contribution in [1.29, 1.82) is 0 Å². The maximum atomic E-state index is 6.26. The first-order valence-electron chi connectivity index (χ1n) is 10.9. The number of para-hydroxylation sites is 2. The Morgan fingerprint density at radius 2 is 1.65 bits per heavy atom. The highest BCUT2D eigenvalue weighted by Crippen LogP contribution is 2.39. The SMILES string of the molecule is COc1cc2c(cc1OC)C(COc1ccccc1OC)N(C(=S)Nc1cccc(Cl)c1)CC2. The predicted octanol–water partition coefficient (Wildman–Crippen LogP) is 5.74. The van der Waals surface area contributed by atoms with E-state index in [2.05, 4.69) is 10.2 Å². The molecule has 0 aromatic heterocycles. The number of rotatable bonds is 7. The quantitative estimate of drug-likeness (QED) is 0.417. The lowest BCUT2D eigenvalue weighted by atomic mass is 9.92. The average Bonchev–Trinajstić information content (AvgIpc) is 2.86. The van der Waals surface area contributed by atoms with Gasteiger partial charge in [-0.15, -0.1) is 0 Å². The molecule has 0 bridgehead atoms.